The van der Waals surface area contributed by atoms with Gasteiger partial charge in [-0.15, -0.1) is 0 Å². The molecule has 0 aliphatic carbocycles. The van der Waals surface area contributed by atoms with Gasteiger partial charge in [0.25, 0.3) is 10.0 Å². The SMILES string of the molecule is CNCc1cc(-c2ccc(OC(C)C3CCOCC3)cc2F)n(S(=O)(=O)c2cccc(C(F)(F)F)c2)c1. The Kier molecular flexibility index (Phi) is 7.96. The van der Waals surface area contributed by atoms with Gasteiger partial charge in [0, 0.05) is 37.6 Å². The Bertz CT molecular complexity index is 1350. The number of nitrogens with one attached hydrogen (secondary N) is 1. The molecule has 200 valence electrons. The van der Waals surface area contributed by atoms with Crippen LogP contribution >= 0.6 is 0 Å². The molecule has 0 radical (unpaired) electrons. The van der Waals surface area contributed by atoms with Crippen LogP contribution in [0.2, 0.25) is 0 Å². The summed E-state index contributed by atoms with van der Waals surface area (Å²) in [6.07, 6.45) is -1.92. The molecule has 1 unspecified atom stereocenters. The molecule has 1 saturated heterocycles. The first kappa shape index (κ1) is 27.2. The highest BCUT2D eigenvalue weighted by atomic mass is 32.2. The van der Waals surface area contributed by atoms with Gasteiger partial charge in [0.1, 0.15) is 11.6 Å². The van der Waals surface area contributed by atoms with Gasteiger partial charge in [-0.1, -0.05) is 6.07 Å². The van der Waals surface area contributed by atoms with Crippen molar-refractivity contribution >= 4 is 10.0 Å². The Labute approximate surface area is 213 Å². The summed E-state index contributed by atoms with van der Waals surface area (Å²) in [5.74, 6) is -0.142. The molecule has 37 heavy (non-hydrogen) atoms. The molecule has 1 aliphatic rings. The van der Waals surface area contributed by atoms with Crippen molar-refractivity contribution in [1.82, 2.24) is 9.29 Å². The molecule has 0 spiro atoms. The number of benzene rings is 2. The van der Waals surface area contributed by atoms with E-state index in [0.29, 0.717) is 30.6 Å². The van der Waals surface area contributed by atoms with Crippen LogP contribution in [0.4, 0.5) is 17.6 Å². The van der Waals surface area contributed by atoms with Crippen molar-refractivity contribution in [2.24, 2.45) is 5.92 Å². The largest absolute Gasteiger partial charge is 0.490 e. The smallest absolute Gasteiger partial charge is 0.416 e. The minimum atomic E-state index is -4.72. The van der Waals surface area contributed by atoms with E-state index in [4.69, 9.17) is 9.47 Å². The van der Waals surface area contributed by atoms with Gasteiger partial charge in [0.15, 0.2) is 0 Å². The van der Waals surface area contributed by atoms with E-state index < -0.39 is 32.5 Å². The second-order valence-electron chi connectivity index (χ2n) is 9.00. The van der Waals surface area contributed by atoms with Gasteiger partial charge in [-0.05, 0) is 74.7 Å². The highest BCUT2D eigenvalue weighted by Crippen LogP contribution is 2.34. The molecule has 4 rings (SSSR count). The van der Waals surface area contributed by atoms with Crippen LogP contribution in [0.3, 0.4) is 0 Å². The summed E-state index contributed by atoms with van der Waals surface area (Å²) in [6, 6.07) is 9.13. The van der Waals surface area contributed by atoms with Crippen molar-refractivity contribution in [3.63, 3.8) is 0 Å². The Hall–Kier alpha value is -2.89. The van der Waals surface area contributed by atoms with Gasteiger partial charge in [-0.3, -0.25) is 0 Å². The number of hydrogen-bond acceptors (Lipinski definition) is 5. The van der Waals surface area contributed by atoms with E-state index in [1.54, 1.807) is 13.1 Å². The number of ether oxygens (including phenoxy) is 2. The summed E-state index contributed by atoms with van der Waals surface area (Å²) in [6.45, 7) is 3.48. The Morgan fingerprint density at radius 1 is 1.14 bits per heavy atom. The van der Waals surface area contributed by atoms with Gasteiger partial charge < -0.3 is 14.8 Å². The van der Waals surface area contributed by atoms with Crippen LogP contribution < -0.4 is 10.1 Å². The van der Waals surface area contributed by atoms with E-state index >= 15 is 4.39 Å². The molecule has 1 aromatic heterocycles. The highest BCUT2D eigenvalue weighted by Gasteiger charge is 2.32. The first-order valence-corrected chi connectivity index (χ1v) is 13.3. The van der Waals surface area contributed by atoms with Gasteiger partial charge >= 0.3 is 6.18 Å². The van der Waals surface area contributed by atoms with Crippen LogP contribution in [-0.2, 0) is 27.5 Å². The summed E-state index contributed by atoms with van der Waals surface area (Å²) in [5, 5.41) is 2.89. The number of nitrogens with zero attached hydrogens (tertiary/aromatic N) is 1. The highest BCUT2D eigenvalue weighted by molar-refractivity contribution is 7.90. The fourth-order valence-electron chi connectivity index (χ4n) is 4.41. The topological polar surface area (TPSA) is 69.6 Å². The van der Waals surface area contributed by atoms with Crippen molar-refractivity contribution in [1.29, 1.82) is 0 Å². The molecule has 0 amide bonds. The minimum absolute atomic E-state index is 0.0100. The number of halogens is 4. The maximum absolute atomic E-state index is 15.3. The van der Waals surface area contributed by atoms with E-state index in [0.717, 1.165) is 35.0 Å². The van der Waals surface area contributed by atoms with Crippen molar-refractivity contribution in [3.8, 4) is 17.0 Å². The zero-order valence-corrected chi connectivity index (χ0v) is 21.2. The van der Waals surface area contributed by atoms with Gasteiger partial charge in [-0.25, -0.2) is 16.8 Å². The van der Waals surface area contributed by atoms with E-state index in [1.165, 1.54) is 24.4 Å². The standard InChI is InChI=1S/C26H28F4N2O4S/c1-17(19-8-10-35-11-9-19)36-21-6-7-23(24(27)14-21)25-12-18(15-31-2)16-32(25)37(33,34)22-5-3-4-20(13-22)26(28,29)30/h3-7,12-14,16-17,19,31H,8-11,15H2,1-2H3. The van der Waals surface area contributed by atoms with Crippen molar-refractivity contribution in [3.05, 3.63) is 71.7 Å². The number of alkyl halides is 3. The quantitative estimate of drug-likeness (QED) is 0.384. The second kappa shape index (κ2) is 10.8. The molecule has 0 saturated carbocycles. The normalized spacial score (nSPS) is 16.1. The third-order valence-corrected chi connectivity index (χ3v) is 8.08. The molecule has 2 aromatic carbocycles. The number of hydrogen-bond donors (Lipinski definition) is 1. The molecule has 0 bridgehead atoms. The second-order valence-corrected chi connectivity index (χ2v) is 10.8. The average Bonchev–Trinajstić information content (AvgIpc) is 3.29. The van der Waals surface area contributed by atoms with Crippen LogP contribution in [0.25, 0.3) is 11.3 Å². The van der Waals surface area contributed by atoms with Gasteiger partial charge in [0.2, 0.25) is 0 Å². The van der Waals surface area contributed by atoms with E-state index in [-0.39, 0.29) is 29.8 Å². The van der Waals surface area contributed by atoms with E-state index in [1.807, 2.05) is 6.92 Å². The van der Waals surface area contributed by atoms with Crippen molar-refractivity contribution in [2.75, 3.05) is 20.3 Å². The molecule has 3 aromatic rings. The summed E-state index contributed by atoms with van der Waals surface area (Å²) in [4.78, 5) is -0.555. The first-order valence-electron chi connectivity index (χ1n) is 11.8. The Morgan fingerprint density at radius 3 is 2.51 bits per heavy atom. The Morgan fingerprint density at radius 2 is 1.86 bits per heavy atom. The number of aromatic nitrogens is 1. The molecule has 1 N–H and O–H groups in total. The maximum Gasteiger partial charge on any atom is 0.416 e. The molecule has 1 aliphatic heterocycles. The van der Waals surface area contributed by atoms with E-state index in [2.05, 4.69) is 5.32 Å². The van der Waals surface area contributed by atoms with Gasteiger partial charge in [0.05, 0.1) is 22.3 Å². The van der Waals surface area contributed by atoms with Crippen LogP contribution in [-0.4, -0.2) is 38.8 Å². The molecule has 1 fully saturated rings. The lowest BCUT2D eigenvalue weighted by Crippen LogP contribution is -2.29. The van der Waals surface area contributed by atoms with Crippen LogP contribution in [0.1, 0.15) is 30.9 Å². The Balaban J connectivity index is 1.70. The fraction of sp³-hybridized carbons (Fsp3) is 0.385. The van der Waals surface area contributed by atoms with Crippen LogP contribution in [0, 0.1) is 11.7 Å². The van der Waals surface area contributed by atoms with Crippen LogP contribution in [0.15, 0.2) is 59.6 Å². The third-order valence-electron chi connectivity index (χ3n) is 6.41. The minimum Gasteiger partial charge on any atom is -0.490 e. The molecular formula is C26H28F4N2O4S. The maximum atomic E-state index is 15.3. The average molecular weight is 541 g/mol. The van der Waals surface area contributed by atoms with Gasteiger partial charge in [-0.2, -0.15) is 13.2 Å². The van der Waals surface area contributed by atoms with E-state index in [9.17, 15) is 21.6 Å². The lowest BCUT2D eigenvalue weighted by atomic mass is 9.95. The molecule has 1 atom stereocenters. The molecular weight excluding hydrogens is 512 g/mol. The number of rotatable bonds is 8. The predicted octanol–water partition coefficient (Wildman–Crippen LogP) is 5.46. The summed E-state index contributed by atoms with van der Waals surface area (Å²) >= 11 is 0. The zero-order chi connectivity index (χ0) is 26.8. The molecule has 11 heteroatoms. The molecule has 6 nitrogen and oxygen atoms in total. The zero-order valence-electron chi connectivity index (χ0n) is 20.4. The lowest BCUT2D eigenvalue weighted by molar-refractivity contribution is -0.137. The summed E-state index contributed by atoms with van der Waals surface area (Å²) in [5.41, 5.74) is -0.613. The molecule has 2 heterocycles. The monoisotopic (exact) mass is 540 g/mol. The van der Waals surface area contributed by atoms with Crippen molar-refractivity contribution < 1.29 is 35.5 Å². The first-order chi connectivity index (χ1) is 17.5. The van der Waals surface area contributed by atoms with Crippen molar-refractivity contribution in [2.45, 2.75) is 43.5 Å². The third kappa shape index (κ3) is 6.00. The summed E-state index contributed by atoms with van der Waals surface area (Å²) in [7, 11) is -2.82. The fourth-order valence-corrected chi connectivity index (χ4v) is 5.85. The predicted molar refractivity (Wildman–Crippen MR) is 130 cm³/mol. The van der Waals surface area contributed by atoms with Crippen LogP contribution in [0.5, 0.6) is 5.75 Å². The summed E-state index contributed by atoms with van der Waals surface area (Å²) < 4.78 is 94.0. The lowest BCUT2D eigenvalue weighted by Gasteiger charge is -2.28.